The quantitative estimate of drug-likeness (QED) is 0.578. The lowest BCUT2D eigenvalue weighted by Crippen LogP contribution is -2.52. The van der Waals surface area contributed by atoms with Crippen molar-refractivity contribution >= 4 is 33.2 Å². The Morgan fingerprint density at radius 2 is 1.62 bits per heavy atom. The Balaban J connectivity index is 1.32. The van der Waals surface area contributed by atoms with Crippen LogP contribution in [0.15, 0.2) is 77.7 Å². The fourth-order valence-corrected chi connectivity index (χ4v) is 5.39. The highest BCUT2D eigenvalue weighted by Crippen LogP contribution is 2.37. The molecule has 0 radical (unpaired) electrons. The van der Waals surface area contributed by atoms with Gasteiger partial charge in [0.05, 0.1) is 23.7 Å². The fraction of sp³-hybridized carbons (Fsp3) is 0.208. The molecular weight excluding hydrogens is 480 g/mol. The molecule has 1 amide bonds. The van der Waals surface area contributed by atoms with Gasteiger partial charge < -0.3 is 19.5 Å². The number of para-hydroxylation sites is 4. The van der Waals surface area contributed by atoms with Crippen LogP contribution in [0.5, 0.6) is 17.2 Å². The van der Waals surface area contributed by atoms with Crippen LogP contribution in [-0.2, 0) is 14.8 Å². The second kappa shape index (κ2) is 9.08. The van der Waals surface area contributed by atoms with Crippen LogP contribution in [0.4, 0.5) is 5.69 Å². The summed E-state index contributed by atoms with van der Waals surface area (Å²) in [7, 11) is -3.96. The van der Waals surface area contributed by atoms with Gasteiger partial charge in [0.25, 0.3) is 15.9 Å². The molecule has 176 valence electrons. The van der Waals surface area contributed by atoms with Crippen molar-refractivity contribution in [3.63, 3.8) is 0 Å². The molecule has 1 N–H and O–H groups in total. The van der Waals surface area contributed by atoms with Crippen molar-refractivity contribution < 1.29 is 27.4 Å². The lowest BCUT2D eigenvalue weighted by Gasteiger charge is -2.35. The summed E-state index contributed by atoms with van der Waals surface area (Å²) >= 11 is 5.92. The van der Waals surface area contributed by atoms with E-state index in [1.54, 1.807) is 30.3 Å². The highest BCUT2D eigenvalue weighted by atomic mass is 35.5. The van der Waals surface area contributed by atoms with Crippen molar-refractivity contribution in [1.29, 1.82) is 0 Å². The number of carbonyl (C=O) groups excluding carboxylic acids is 1. The Kier molecular flexibility index (Phi) is 5.97. The fourth-order valence-electron chi connectivity index (χ4n) is 3.79. The van der Waals surface area contributed by atoms with Crippen molar-refractivity contribution in [2.45, 2.75) is 17.1 Å². The average molecular weight is 501 g/mol. The van der Waals surface area contributed by atoms with Crippen LogP contribution in [0.3, 0.4) is 0 Å². The van der Waals surface area contributed by atoms with Crippen LogP contribution in [0.25, 0.3) is 0 Å². The maximum absolute atomic E-state index is 13.4. The van der Waals surface area contributed by atoms with E-state index in [2.05, 4.69) is 5.32 Å². The lowest BCUT2D eigenvalue weighted by atomic mass is 10.2. The molecule has 3 aromatic carbocycles. The first-order valence-corrected chi connectivity index (χ1v) is 12.4. The van der Waals surface area contributed by atoms with E-state index in [4.69, 9.17) is 25.8 Å². The first kappa shape index (κ1) is 22.4. The van der Waals surface area contributed by atoms with Crippen LogP contribution >= 0.6 is 11.6 Å². The Morgan fingerprint density at radius 1 is 0.941 bits per heavy atom. The number of sulfonamides is 1. The standard InChI is InChI=1S/C24H21ClN2O6S/c25-16-9-11-18(12-10-16)34(29,30)27-14-23(33-20-6-2-1-5-19(20)27)24(28)26-13-17-15-31-21-7-3-4-8-22(21)32-17/h1-12,17,23H,13-15H2,(H,26,28)/t17-,23+/m1/s1. The van der Waals surface area contributed by atoms with Crippen LogP contribution in [-0.4, -0.2) is 46.2 Å². The average Bonchev–Trinajstić information content (AvgIpc) is 2.86. The molecular formula is C24H21ClN2O6S. The molecule has 0 saturated carbocycles. The Bertz CT molecular complexity index is 1320. The Morgan fingerprint density at radius 3 is 2.38 bits per heavy atom. The van der Waals surface area contributed by atoms with Crippen LogP contribution in [0.1, 0.15) is 0 Å². The molecule has 2 aliphatic heterocycles. The van der Waals surface area contributed by atoms with Crippen LogP contribution in [0, 0.1) is 0 Å². The number of fused-ring (bicyclic) bond motifs is 2. The summed E-state index contributed by atoms with van der Waals surface area (Å²) in [6, 6.07) is 19.9. The minimum Gasteiger partial charge on any atom is -0.486 e. The second-order valence-corrected chi connectivity index (χ2v) is 10.1. The number of rotatable bonds is 5. The van der Waals surface area contributed by atoms with E-state index >= 15 is 0 Å². The number of halogens is 1. The van der Waals surface area contributed by atoms with E-state index < -0.39 is 22.0 Å². The van der Waals surface area contributed by atoms with Crippen molar-refractivity contribution in [3.8, 4) is 17.2 Å². The van der Waals surface area contributed by atoms with Gasteiger partial charge in [-0.25, -0.2) is 8.42 Å². The minimum atomic E-state index is -3.96. The van der Waals surface area contributed by atoms with E-state index in [1.807, 2.05) is 18.2 Å². The maximum Gasteiger partial charge on any atom is 0.264 e. The van der Waals surface area contributed by atoms with Crippen LogP contribution in [0.2, 0.25) is 5.02 Å². The number of benzene rings is 3. The van der Waals surface area contributed by atoms with Gasteiger partial charge in [0, 0.05) is 5.02 Å². The molecule has 5 rings (SSSR count). The Hall–Kier alpha value is -3.43. The molecule has 0 fully saturated rings. The number of amides is 1. The predicted octanol–water partition coefficient (Wildman–Crippen LogP) is 3.25. The number of nitrogens with one attached hydrogen (secondary N) is 1. The molecule has 0 aliphatic carbocycles. The highest BCUT2D eigenvalue weighted by Gasteiger charge is 2.37. The molecule has 0 spiro atoms. The third-order valence-corrected chi connectivity index (χ3v) is 7.55. The lowest BCUT2D eigenvalue weighted by molar-refractivity contribution is -0.128. The number of anilines is 1. The number of hydrogen-bond acceptors (Lipinski definition) is 6. The van der Waals surface area contributed by atoms with E-state index in [0.717, 1.165) is 0 Å². The zero-order chi connectivity index (χ0) is 23.7. The summed E-state index contributed by atoms with van der Waals surface area (Å²) in [5, 5.41) is 3.22. The summed E-state index contributed by atoms with van der Waals surface area (Å²) in [4.78, 5) is 13.0. The van der Waals surface area contributed by atoms with E-state index in [1.165, 1.54) is 28.6 Å². The van der Waals surface area contributed by atoms with Gasteiger partial charge in [-0.1, -0.05) is 35.9 Å². The van der Waals surface area contributed by atoms with E-state index in [9.17, 15) is 13.2 Å². The number of nitrogens with zero attached hydrogens (tertiary/aromatic N) is 1. The van der Waals surface area contributed by atoms with Crippen LogP contribution < -0.4 is 23.8 Å². The van der Waals surface area contributed by atoms with Gasteiger partial charge in [0.2, 0.25) is 0 Å². The van der Waals surface area contributed by atoms with Gasteiger partial charge in [-0.15, -0.1) is 0 Å². The summed E-state index contributed by atoms with van der Waals surface area (Å²) < 4.78 is 45.4. The molecule has 0 bridgehead atoms. The smallest absolute Gasteiger partial charge is 0.264 e. The van der Waals surface area contributed by atoms with E-state index in [-0.39, 0.29) is 30.7 Å². The predicted molar refractivity (Wildman–Crippen MR) is 126 cm³/mol. The first-order valence-electron chi connectivity index (χ1n) is 10.6. The van der Waals surface area contributed by atoms with Gasteiger partial charge in [-0.3, -0.25) is 9.10 Å². The van der Waals surface area contributed by atoms with Crippen molar-refractivity contribution in [2.75, 3.05) is 24.0 Å². The third-order valence-electron chi connectivity index (χ3n) is 5.50. The largest absolute Gasteiger partial charge is 0.486 e. The van der Waals surface area contributed by atoms with Crippen molar-refractivity contribution in [1.82, 2.24) is 5.32 Å². The number of carbonyl (C=O) groups is 1. The number of hydrogen-bond donors (Lipinski definition) is 1. The topological polar surface area (TPSA) is 94.2 Å². The van der Waals surface area contributed by atoms with Crippen molar-refractivity contribution in [2.24, 2.45) is 0 Å². The molecule has 0 unspecified atom stereocenters. The SMILES string of the molecule is O=C(NC[C@@H]1COc2ccccc2O1)[C@@H]1CN(S(=O)(=O)c2ccc(Cl)cc2)c2ccccc2O1. The van der Waals surface area contributed by atoms with Gasteiger partial charge in [0.15, 0.2) is 17.6 Å². The monoisotopic (exact) mass is 500 g/mol. The summed E-state index contributed by atoms with van der Waals surface area (Å²) in [5.41, 5.74) is 0.363. The summed E-state index contributed by atoms with van der Waals surface area (Å²) in [5.74, 6) is 1.11. The van der Waals surface area contributed by atoms with E-state index in [0.29, 0.717) is 28.0 Å². The van der Waals surface area contributed by atoms with Crippen molar-refractivity contribution in [3.05, 3.63) is 77.8 Å². The molecule has 8 nitrogen and oxygen atoms in total. The minimum absolute atomic E-state index is 0.0687. The normalized spacial score (nSPS) is 19.0. The van der Waals surface area contributed by atoms with Gasteiger partial charge >= 0.3 is 0 Å². The zero-order valence-corrected chi connectivity index (χ0v) is 19.5. The maximum atomic E-state index is 13.4. The molecule has 3 aromatic rings. The number of ether oxygens (including phenoxy) is 3. The Labute approximate surface area is 202 Å². The second-order valence-electron chi connectivity index (χ2n) is 7.81. The molecule has 0 aromatic heterocycles. The highest BCUT2D eigenvalue weighted by molar-refractivity contribution is 7.92. The molecule has 2 heterocycles. The van der Waals surface area contributed by atoms with Gasteiger partial charge in [-0.2, -0.15) is 0 Å². The molecule has 2 atom stereocenters. The first-order chi connectivity index (χ1) is 16.4. The van der Waals surface area contributed by atoms with Gasteiger partial charge in [-0.05, 0) is 48.5 Å². The molecule has 0 saturated heterocycles. The molecule has 2 aliphatic rings. The van der Waals surface area contributed by atoms with Gasteiger partial charge in [0.1, 0.15) is 18.5 Å². The summed E-state index contributed by atoms with van der Waals surface area (Å²) in [6.07, 6.45) is -1.43. The zero-order valence-electron chi connectivity index (χ0n) is 17.9. The molecule has 10 heteroatoms. The molecule has 34 heavy (non-hydrogen) atoms. The third kappa shape index (κ3) is 4.36. The summed E-state index contributed by atoms with van der Waals surface area (Å²) in [6.45, 7) is 0.278.